The zero-order valence-electron chi connectivity index (χ0n) is 10.4. The van der Waals surface area contributed by atoms with E-state index in [2.05, 4.69) is 27.9 Å². The van der Waals surface area contributed by atoms with Crippen LogP contribution in [0.1, 0.15) is 18.4 Å². The summed E-state index contributed by atoms with van der Waals surface area (Å²) in [4.78, 5) is 2.62. The zero-order valence-corrected chi connectivity index (χ0v) is 12.8. The van der Waals surface area contributed by atoms with Gasteiger partial charge in [-0.05, 0) is 47.0 Å². The molecule has 18 heavy (non-hydrogen) atoms. The lowest BCUT2D eigenvalue weighted by molar-refractivity contribution is 0.116. The van der Waals surface area contributed by atoms with Gasteiger partial charge in [0, 0.05) is 30.2 Å². The van der Waals surface area contributed by atoms with E-state index in [0.717, 1.165) is 35.3 Å². The van der Waals surface area contributed by atoms with Crippen molar-refractivity contribution in [2.75, 3.05) is 25.1 Å². The van der Waals surface area contributed by atoms with E-state index in [1.165, 1.54) is 6.42 Å². The van der Waals surface area contributed by atoms with E-state index in [1.54, 1.807) is 0 Å². The second-order valence-electron chi connectivity index (χ2n) is 4.55. The Bertz CT molecular complexity index is 447. The van der Waals surface area contributed by atoms with Gasteiger partial charge in [-0.1, -0.05) is 12.2 Å². The molecule has 0 aromatic heterocycles. The first-order valence-corrected chi connectivity index (χ1v) is 7.20. The van der Waals surface area contributed by atoms with Crippen LogP contribution in [0.4, 0.5) is 5.69 Å². The van der Waals surface area contributed by atoms with Crippen molar-refractivity contribution in [1.82, 2.24) is 0 Å². The van der Waals surface area contributed by atoms with Gasteiger partial charge in [0.2, 0.25) is 0 Å². The molecule has 1 heterocycles. The number of hydrogen-bond acceptors (Lipinski definition) is 3. The summed E-state index contributed by atoms with van der Waals surface area (Å²) < 4.78 is 6.66. The molecule has 1 aliphatic heterocycles. The van der Waals surface area contributed by atoms with E-state index in [1.807, 2.05) is 18.2 Å². The monoisotopic (exact) mass is 328 g/mol. The van der Waals surface area contributed by atoms with Crippen molar-refractivity contribution >= 4 is 38.8 Å². The van der Waals surface area contributed by atoms with Gasteiger partial charge < -0.3 is 15.4 Å². The summed E-state index contributed by atoms with van der Waals surface area (Å²) >= 11 is 8.54. The Labute approximate surface area is 121 Å². The third-order valence-corrected chi connectivity index (χ3v) is 4.02. The van der Waals surface area contributed by atoms with Crippen molar-refractivity contribution in [2.45, 2.75) is 18.9 Å². The highest BCUT2D eigenvalue weighted by atomic mass is 79.9. The molecule has 1 saturated heterocycles. The van der Waals surface area contributed by atoms with Crippen molar-refractivity contribution in [3.05, 3.63) is 28.2 Å². The lowest BCUT2D eigenvalue weighted by Crippen LogP contribution is -2.28. The van der Waals surface area contributed by atoms with Crippen LogP contribution >= 0.6 is 28.1 Å². The Balaban J connectivity index is 2.09. The number of nitrogens with two attached hydrogens (primary N) is 1. The predicted molar refractivity (Wildman–Crippen MR) is 82.3 cm³/mol. The predicted octanol–water partition coefficient (Wildman–Crippen LogP) is 2.70. The molecule has 1 aromatic carbocycles. The van der Waals surface area contributed by atoms with E-state index >= 15 is 0 Å². The summed E-state index contributed by atoms with van der Waals surface area (Å²) in [6, 6.07) is 5.95. The number of benzene rings is 1. The van der Waals surface area contributed by atoms with Crippen molar-refractivity contribution in [3.8, 4) is 0 Å². The van der Waals surface area contributed by atoms with Gasteiger partial charge in [-0.3, -0.25) is 0 Å². The first-order chi connectivity index (χ1) is 8.58. The third kappa shape index (κ3) is 3.22. The minimum Gasteiger partial charge on any atom is -0.389 e. The van der Waals surface area contributed by atoms with E-state index in [9.17, 15) is 0 Å². The molecule has 98 valence electrons. The number of thiocarbonyl (C=S) groups is 1. The van der Waals surface area contributed by atoms with Crippen LogP contribution in [0.3, 0.4) is 0 Å². The van der Waals surface area contributed by atoms with Crippen molar-refractivity contribution in [2.24, 2.45) is 5.73 Å². The number of likely N-dealkylation sites (N-methyl/N-ethyl adjacent to an activating group) is 1. The lowest BCUT2D eigenvalue weighted by atomic mass is 10.2. The van der Waals surface area contributed by atoms with Crippen LogP contribution in [0.15, 0.2) is 22.7 Å². The quantitative estimate of drug-likeness (QED) is 0.862. The van der Waals surface area contributed by atoms with Gasteiger partial charge in [-0.15, -0.1) is 0 Å². The van der Waals surface area contributed by atoms with Crippen LogP contribution in [0.5, 0.6) is 0 Å². The van der Waals surface area contributed by atoms with Crippen molar-refractivity contribution < 1.29 is 4.74 Å². The number of halogens is 1. The minimum absolute atomic E-state index is 0.345. The second-order valence-corrected chi connectivity index (χ2v) is 5.84. The molecular formula is C13H17BrN2OS. The van der Waals surface area contributed by atoms with Gasteiger partial charge in [-0.2, -0.15) is 0 Å². The van der Waals surface area contributed by atoms with Gasteiger partial charge in [0.25, 0.3) is 0 Å². The Morgan fingerprint density at radius 3 is 2.94 bits per heavy atom. The van der Waals surface area contributed by atoms with Gasteiger partial charge in [0.1, 0.15) is 4.99 Å². The van der Waals surface area contributed by atoms with Crippen LogP contribution in [0, 0.1) is 0 Å². The van der Waals surface area contributed by atoms with Crippen molar-refractivity contribution in [3.63, 3.8) is 0 Å². The fourth-order valence-corrected chi connectivity index (χ4v) is 2.97. The number of nitrogens with zero attached hydrogens (tertiary/aromatic N) is 1. The van der Waals surface area contributed by atoms with Crippen LogP contribution in [-0.4, -0.2) is 31.3 Å². The van der Waals surface area contributed by atoms with E-state index in [-0.39, 0.29) is 0 Å². The van der Waals surface area contributed by atoms with E-state index < -0.39 is 0 Å². The first kappa shape index (κ1) is 13.8. The number of hydrogen-bond donors (Lipinski definition) is 1. The van der Waals surface area contributed by atoms with Crippen LogP contribution in [-0.2, 0) is 4.74 Å². The minimum atomic E-state index is 0.345. The number of rotatable bonds is 4. The Kier molecular flexibility index (Phi) is 4.59. The number of anilines is 1. The maximum absolute atomic E-state index is 5.65. The zero-order chi connectivity index (χ0) is 13.1. The first-order valence-electron chi connectivity index (χ1n) is 6.00. The maximum atomic E-state index is 5.65. The lowest BCUT2D eigenvalue weighted by Gasteiger charge is -2.24. The second kappa shape index (κ2) is 5.99. The molecule has 3 nitrogen and oxygen atoms in total. The molecule has 5 heteroatoms. The molecule has 2 N–H and O–H groups in total. The van der Waals surface area contributed by atoms with Crippen molar-refractivity contribution in [1.29, 1.82) is 0 Å². The summed E-state index contributed by atoms with van der Waals surface area (Å²) in [6.07, 6.45) is 2.66. The van der Waals surface area contributed by atoms with Gasteiger partial charge in [0.05, 0.1) is 11.8 Å². The van der Waals surface area contributed by atoms with Crippen LogP contribution in [0.2, 0.25) is 0 Å². The molecule has 1 atom stereocenters. The third-order valence-electron chi connectivity index (χ3n) is 3.14. The van der Waals surface area contributed by atoms with E-state index in [4.69, 9.17) is 22.7 Å². The molecule has 0 amide bonds. The van der Waals surface area contributed by atoms with Crippen LogP contribution < -0.4 is 10.6 Å². The molecule has 0 bridgehead atoms. The molecule has 1 aromatic rings. The molecule has 1 fully saturated rings. The molecule has 0 saturated carbocycles. The molecular weight excluding hydrogens is 312 g/mol. The average molecular weight is 329 g/mol. The normalized spacial score (nSPS) is 18.9. The molecule has 0 spiro atoms. The largest absolute Gasteiger partial charge is 0.389 e. The van der Waals surface area contributed by atoms with Gasteiger partial charge in [-0.25, -0.2) is 0 Å². The topological polar surface area (TPSA) is 38.5 Å². The molecule has 2 rings (SSSR count). The average Bonchev–Trinajstić information content (AvgIpc) is 2.81. The highest BCUT2D eigenvalue weighted by Gasteiger charge is 2.18. The highest BCUT2D eigenvalue weighted by molar-refractivity contribution is 9.10. The number of ether oxygens (including phenoxy) is 1. The molecule has 0 aliphatic carbocycles. The fraction of sp³-hybridized carbons (Fsp3) is 0.462. The summed E-state index contributed by atoms with van der Waals surface area (Å²) in [5, 5.41) is 0. The standard InChI is InChI=1S/C13H17BrN2OS/c1-16(8-10-3-2-6-17-10)12-5-4-9(13(15)18)7-11(12)14/h4-5,7,10H,2-3,6,8H2,1H3,(H2,15,18). The Hall–Kier alpha value is -0.650. The molecule has 1 aliphatic rings. The van der Waals surface area contributed by atoms with E-state index in [0.29, 0.717) is 11.1 Å². The highest BCUT2D eigenvalue weighted by Crippen LogP contribution is 2.27. The summed E-state index contributed by atoms with van der Waals surface area (Å²) in [6.45, 7) is 1.80. The summed E-state index contributed by atoms with van der Waals surface area (Å²) in [7, 11) is 2.07. The summed E-state index contributed by atoms with van der Waals surface area (Å²) in [5.74, 6) is 0. The fourth-order valence-electron chi connectivity index (χ4n) is 2.16. The van der Waals surface area contributed by atoms with Gasteiger partial charge in [0.15, 0.2) is 0 Å². The SMILES string of the molecule is CN(CC1CCCO1)c1ccc(C(N)=S)cc1Br. The van der Waals surface area contributed by atoms with Crippen LogP contribution in [0.25, 0.3) is 0 Å². The smallest absolute Gasteiger partial charge is 0.104 e. The molecule has 0 radical (unpaired) electrons. The van der Waals surface area contributed by atoms with Gasteiger partial charge >= 0.3 is 0 Å². The maximum Gasteiger partial charge on any atom is 0.104 e. The Morgan fingerprint density at radius 2 is 2.39 bits per heavy atom. The Morgan fingerprint density at radius 1 is 1.61 bits per heavy atom. The molecule has 1 unspecified atom stereocenters. The summed E-state index contributed by atoms with van der Waals surface area (Å²) in [5.41, 5.74) is 7.63.